The maximum Gasteiger partial charge on any atom is 0.0412 e. The van der Waals surface area contributed by atoms with E-state index in [0.717, 1.165) is 24.0 Å². The number of nitrogens with one attached hydrogen (secondary N) is 1. The van der Waals surface area contributed by atoms with Crippen LogP contribution < -0.4 is 10.2 Å². The van der Waals surface area contributed by atoms with E-state index in [1.54, 1.807) is 0 Å². The van der Waals surface area contributed by atoms with E-state index < -0.39 is 0 Å². The molecule has 20 heavy (non-hydrogen) atoms. The summed E-state index contributed by atoms with van der Waals surface area (Å²) >= 11 is 6.17. The smallest absolute Gasteiger partial charge is 0.0412 e. The van der Waals surface area contributed by atoms with E-state index in [-0.39, 0.29) is 0 Å². The fourth-order valence-electron chi connectivity index (χ4n) is 3.35. The van der Waals surface area contributed by atoms with Crippen LogP contribution in [-0.2, 0) is 6.54 Å². The van der Waals surface area contributed by atoms with Crippen LogP contribution in [0.15, 0.2) is 18.2 Å². The van der Waals surface area contributed by atoms with E-state index in [1.165, 1.54) is 36.9 Å². The van der Waals surface area contributed by atoms with Crippen LogP contribution in [0.4, 0.5) is 5.69 Å². The van der Waals surface area contributed by atoms with Gasteiger partial charge in [0.15, 0.2) is 0 Å². The molecule has 0 spiro atoms. The summed E-state index contributed by atoms with van der Waals surface area (Å²) in [5, 5.41) is 4.24. The van der Waals surface area contributed by atoms with Crippen molar-refractivity contribution in [1.82, 2.24) is 5.32 Å². The van der Waals surface area contributed by atoms with Gasteiger partial charge in [-0.25, -0.2) is 0 Å². The van der Waals surface area contributed by atoms with Crippen molar-refractivity contribution in [1.29, 1.82) is 0 Å². The molecule has 0 radical (unpaired) electrons. The molecule has 0 heterocycles. The molecule has 2 unspecified atom stereocenters. The van der Waals surface area contributed by atoms with Crippen LogP contribution in [0.25, 0.3) is 0 Å². The number of rotatable bonds is 5. The van der Waals surface area contributed by atoms with Crippen LogP contribution in [-0.4, -0.2) is 19.6 Å². The number of halogens is 1. The predicted molar refractivity (Wildman–Crippen MR) is 88.7 cm³/mol. The molecule has 1 aromatic rings. The van der Waals surface area contributed by atoms with Crippen molar-refractivity contribution in [3.8, 4) is 0 Å². The molecular weight excluding hydrogens is 268 g/mol. The second-order valence-corrected chi connectivity index (χ2v) is 6.43. The quantitative estimate of drug-likeness (QED) is 0.862. The Labute approximate surface area is 128 Å². The molecule has 0 aliphatic heterocycles. The van der Waals surface area contributed by atoms with Crippen molar-refractivity contribution in [2.24, 2.45) is 5.92 Å². The summed E-state index contributed by atoms with van der Waals surface area (Å²) in [5.41, 5.74) is 2.63. The first-order valence-corrected chi connectivity index (χ1v) is 8.23. The molecule has 1 N–H and O–H groups in total. The molecule has 0 bridgehead atoms. The maximum absolute atomic E-state index is 6.17. The van der Waals surface area contributed by atoms with E-state index in [1.807, 2.05) is 6.07 Å². The summed E-state index contributed by atoms with van der Waals surface area (Å²) in [7, 11) is 2.24. The Balaban J connectivity index is 2.21. The lowest BCUT2D eigenvalue weighted by Gasteiger charge is -2.38. The van der Waals surface area contributed by atoms with Crippen LogP contribution in [0.3, 0.4) is 0 Å². The molecule has 0 amide bonds. The zero-order valence-electron chi connectivity index (χ0n) is 13.0. The monoisotopic (exact) mass is 294 g/mol. The third-order valence-electron chi connectivity index (χ3n) is 4.55. The zero-order valence-corrected chi connectivity index (χ0v) is 13.7. The Hall–Kier alpha value is -0.730. The van der Waals surface area contributed by atoms with Gasteiger partial charge in [0.1, 0.15) is 0 Å². The van der Waals surface area contributed by atoms with Crippen molar-refractivity contribution in [3.63, 3.8) is 0 Å². The van der Waals surface area contributed by atoms with Gasteiger partial charge >= 0.3 is 0 Å². The van der Waals surface area contributed by atoms with Gasteiger partial charge in [0.05, 0.1) is 0 Å². The molecule has 1 aromatic carbocycles. The molecule has 1 aliphatic carbocycles. The molecule has 2 atom stereocenters. The summed E-state index contributed by atoms with van der Waals surface area (Å²) in [6, 6.07) is 6.95. The van der Waals surface area contributed by atoms with Gasteiger partial charge in [-0.05, 0) is 49.1 Å². The van der Waals surface area contributed by atoms with Crippen LogP contribution in [0.1, 0.15) is 45.1 Å². The zero-order chi connectivity index (χ0) is 14.5. The highest BCUT2D eigenvalue weighted by atomic mass is 35.5. The van der Waals surface area contributed by atoms with Crippen LogP contribution in [0.5, 0.6) is 0 Å². The van der Waals surface area contributed by atoms with Gasteiger partial charge in [-0.15, -0.1) is 0 Å². The lowest BCUT2D eigenvalue weighted by atomic mass is 9.84. The van der Waals surface area contributed by atoms with Gasteiger partial charge in [0, 0.05) is 30.3 Å². The summed E-state index contributed by atoms with van der Waals surface area (Å²) in [6.45, 7) is 6.39. The molecule has 0 saturated heterocycles. The van der Waals surface area contributed by atoms with Crippen molar-refractivity contribution in [2.45, 2.75) is 52.1 Å². The SMILES string of the molecule is CCNCc1cc(Cl)ccc1N(C)C1CCCCC1C. The molecule has 1 fully saturated rings. The van der Waals surface area contributed by atoms with E-state index in [4.69, 9.17) is 11.6 Å². The summed E-state index contributed by atoms with van der Waals surface area (Å²) in [5.74, 6) is 0.774. The highest BCUT2D eigenvalue weighted by molar-refractivity contribution is 6.30. The second kappa shape index (κ2) is 7.33. The van der Waals surface area contributed by atoms with Crippen molar-refractivity contribution in [2.75, 3.05) is 18.5 Å². The first-order chi connectivity index (χ1) is 9.63. The standard InChI is InChI=1S/C17H27ClN2/c1-4-19-12-14-11-15(18)9-10-17(14)20(3)16-8-6-5-7-13(16)2/h9-11,13,16,19H,4-8,12H2,1-3H3. The molecule has 2 nitrogen and oxygen atoms in total. The third kappa shape index (κ3) is 3.67. The van der Waals surface area contributed by atoms with Crippen molar-refractivity contribution >= 4 is 17.3 Å². The van der Waals surface area contributed by atoms with Gasteiger partial charge in [-0.2, -0.15) is 0 Å². The summed E-state index contributed by atoms with van der Waals surface area (Å²) in [6.07, 6.45) is 5.40. The highest BCUT2D eigenvalue weighted by Crippen LogP contribution is 2.33. The summed E-state index contributed by atoms with van der Waals surface area (Å²) < 4.78 is 0. The van der Waals surface area contributed by atoms with Gasteiger partial charge in [-0.1, -0.05) is 38.3 Å². The van der Waals surface area contributed by atoms with Gasteiger partial charge in [0.2, 0.25) is 0 Å². The summed E-state index contributed by atoms with van der Waals surface area (Å²) in [4.78, 5) is 2.48. The average molecular weight is 295 g/mol. The Bertz CT molecular complexity index is 433. The fourth-order valence-corrected chi connectivity index (χ4v) is 3.54. The highest BCUT2D eigenvalue weighted by Gasteiger charge is 2.26. The lowest BCUT2D eigenvalue weighted by molar-refractivity contribution is 0.321. The van der Waals surface area contributed by atoms with Crippen LogP contribution in [0.2, 0.25) is 5.02 Å². The Morgan fingerprint density at radius 2 is 2.05 bits per heavy atom. The molecule has 1 saturated carbocycles. The number of benzene rings is 1. The minimum Gasteiger partial charge on any atom is -0.371 e. The minimum atomic E-state index is 0.658. The normalized spacial score (nSPS) is 22.8. The number of hydrogen-bond acceptors (Lipinski definition) is 2. The first-order valence-electron chi connectivity index (χ1n) is 7.85. The molecule has 2 rings (SSSR count). The second-order valence-electron chi connectivity index (χ2n) is 5.99. The number of hydrogen-bond donors (Lipinski definition) is 1. The molecule has 112 valence electrons. The lowest BCUT2D eigenvalue weighted by Crippen LogP contribution is -2.39. The number of nitrogens with zero attached hydrogens (tertiary/aromatic N) is 1. The van der Waals surface area contributed by atoms with Crippen LogP contribution in [0, 0.1) is 5.92 Å². The average Bonchev–Trinajstić information content (AvgIpc) is 2.45. The Kier molecular flexibility index (Phi) is 5.74. The Morgan fingerprint density at radius 1 is 1.30 bits per heavy atom. The topological polar surface area (TPSA) is 15.3 Å². The van der Waals surface area contributed by atoms with Gasteiger partial charge < -0.3 is 10.2 Å². The van der Waals surface area contributed by atoms with Gasteiger partial charge in [0.25, 0.3) is 0 Å². The predicted octanol–water partition coefficient (Wildman–Crippen LogP) is 4.46. The maximum atomic E-state index is 6.17. The molecular formula is C17H27ClN2. The van der Waals surface area contributed by atoms with Crippen LogP contribution >= 0.6 is 11.6 Å². The fraction of sp³-hybridized carbons (Fsp3) is 0.647. The van der Waals surface area contributed by atoms with E-state index in [0.29, 0.717) is 6.04 Å². The number of anilines is 1. The Morgan fingerprint density at radius 3 is 2.75 bits per heavy atom. The van der Waals surface area contributed by atoms with E-state index >= 15 is 0 Å². The minimum absolute atomic E-state index is 0.658. The van der Waals surface area contributed by atoms with Crippen molar-refractivity contribution < 1.29 is 0 Å². The van der Waals surface area contributed by atoms with Crippen molar-refractivity contribution in [3.05, 3.63) is 28.8 Å². The molecule has 3 heteroatoms. The van der Waals surface area contributed by atoms with E-state index in [9.17, 15) is 0 Å². The molecule has 1 aliphatic rings. The largest absolute Gasteiger partial charge is 0.371 e. The third-order valence-corrected chi connectivity index (χ3v) is 4.79. The first kappa shape index (κ1) is 15.7. The van der Waals surface area contributed by atoms with E-state index in [2.05, 4.69) is 43.2 Å². The molecule has 0 aromatic heterocycles. The van der Waals surface area contributed by atoms with Gasteiger partial charge in [-0.3, -0.25) is 0 Å².